The normalized spacial score (nSPS) is 15.2. The van der Waals surface area contributed by atoms with E-state index in [-0.39, 0.29) is 18.6 Å². The summed E-state index contributed by atoms with van der Waals surface area (Å²) in [6.07, 6.45) is 1.34. The Morgan fingerprint density at radius 2 is 1.91 bits per heavy atom. The minimum absolute atomic E-state index is 0.175. The summed E-state index contributed by atoms with van der Waals surface area (Å²) in [6.45, 7) is -0.175. The standard InChI is InChI=1S/C24H22N2O5S/c1-29-21-10-7-17(12-22(21)30-2)20-13-19(23-4-3-11-32-23)25-26(20)24(28)15-31-18-8-5-16(14-27)6-9-18/h3-12,14,20H,13,15H2,1-2H3. The van der Waals surface area contributed by atoms with E-state index in [1.54, 1.807) is 49.8 Å². The molecule has 0 spiro atoms. The van der Waals surface area contributed by atoms with Crippen LogP contribution in [0, 0.1) is 0 Å². The predicted octanol–water partition coefficient (Wildman–Crippen LogP) is 4.33. The SMILES string of the molecule is COc1ccc(C2CC(c3cccs3)=NN2C(=O)COc2ccc(C=O)cc2)cc1OC. The first-order valence-corrected chi connectivity index (χ1v) is 10.8. The van der Waals surface area contributed by atoms with Crippen LogP contribution in [0.1, 0.15) is 33.3 Å². The van der Waals surface area contributed by atoms with Crippen molar-refractivity contribution in [3.63, 3.8) is 0 Å². The van der Waals surface area contributed by atoms with Gasteiger partial charge in [-0.1, -0.05) is 12.1 Å². The van der Waals surface area contributed by atoms with E-state index < -0.39 is 0 Å². The van der Waals surface area contributed by atoms with Gasteiger partial charge < -0.3 is 14.2 Å². The zero-order valence-corrected chi connectivity index (χ0v) is 18.5. The number of amides is 1. The molecule has 1 amide bonds. The fourth-order valence-electron chi connectivity index (χ4n) is 3.51. The van der Waals surface area contributed by atoms with Crippen LogP contribution < -0.4 is 14.2 Å². The van der Waals surface area contributed by atoms with Crippen LogP contribution in [0.4, 0.5) is 0 Å². The Morgan fingerprint density at radius 3 is 2.56 bits per heavy atom. The molecule has 1 aromatic heterocycles. The van der Waals surface area contributed by atoms with E-state index in [1.165, 1.54) is 5.01 Å². The van der Waals surface area contributed by atoms with Crippen molar-refractivity contribution in [2.75, 3.05) is 20.8 Å². The van der Waals surface area contributed by atoms with Gasteiger partial charge in [0, 0.05) is 12.0 Å². The summed E-state index contributed by atoms with van der Waals surface area (Å²) < 4.78 is 16.4. The fraction of sp³-hybridized carbons (Fsp3) is 0.208. The highest BCUT2D eigenvalue weighted by atomic mass is 32.1. The molecule has 7 nitrogen and oxygen atoms in total. The van der Waals surface area contributed by atoms with Gasteiger partial charge >= 0.3 is 0 Å². The lowest BCUT2D eigenvalue weighted by Crippen LogP contribution is -2.31. The molecule has 0 saturated carbocycles. The van der Waals surface area contributed by atoms with Gasteiger partial charge in [-0.05, 0) is 53.4 Å². The molecule has 1 atom stereocenters. The topological polar surface area (TPSA) is 77.4 Å². The Balaban J connectivity index is 1.57. The molecular weight excluding hydrogens is 428 g/mol. The van der Waals surface area contributed by atoms with Crippen molar-refractivity contribution >= 4 is 29.2 Å². The smallest absolute Gasteiger partial charge is 0.281 e. The van der Waals surface area contributed by atoms with Crippen LogP contribution in [0.2, 0.25) is 0 Å². The second-order valence-electron chi connectivity index (χ2n) is 7.07. The molecule has 0 aliphatic carbocycles. The third-order valence-electron chi connectivity index (χ3n) is 5.14. The number of methoxy groups -OCH3 is 2. The number of hydrogen-bond acceptors (Lipinski definition) is 7. The summed E-state index contributed by atoms with van der Waals surface area (Å²) >= 11 is 1.59. The molecule has 4 rings (SSSR count). The zero-order valence-electron chi connectivity index (χ0n) is 17.7. The maximum Gasteiger partial charge on any atom is 0.281 e. The van der Waals surface area contributed by atoms with E-state index in [2.05, 4.69) is 5.10 Å². The minimum Gasteiger partial charge on any atom is -0.493 e. The molecule has 1 unspecified atom stereocenters. The largest absolute Gasteiger partial charge is 0.493 e. The summed E-state index contributed by atoms with van der Waals surface area (Å²) in [5.41, 5.74) is 2.28. The van der Waals surface area contributed by atoms with Crippen molar-refractivity contribution in [2.24, 2.45) is 5.10 Å². The van der Waals surface area contributed by atoms with Crippen LogP contribution in [0.3, 0.4) is 0 Å². The molecule has 2 heterocycles. The summed E-state index contributed by atoms with van der Waals surface area (Å²) in [5.74, 6) is 1.45. The van der Waals surface area contributed by atoms with Gasteiger partial charge in [0.25, 0.3) is 5.91 Å². The molecule has 0 N–H and O–H groups in total. The molecule has 0 radical (unpaired) electrons. The van der Waals surface area contributed by atoms with Crippen LogP contribution in [0.25, 0.3) is 0 Å². The molecule has 8 heteroatoms. The van der Waals surface area contributed by atoms with Gasteiger partial charge in [0.05, 0.1) is 30.9 Å². The van der Waals surface area contributed by atoms with Crippen molar-refractivity contribution < 1.29 is 23.8 Å². The number of rotatable bonds is 8. The first-order chi connectivity index (χ1) is 15.6. The number of benzene rings is 2. The number of hydrazone groups is 1. The van der Waals surface area contributed by atoms with E-state index in [4.69, 9.17) is 14.2 Å². The van der Waals surface area contributed by atoms with Gasteiger partial charge in [-0.15, -0.1) is 11.3 Å². The maximum absolute atomic E-state index is 13.1. The third-order valence-corrected chi connectivity index (χ3v) is 6.06. The molecule has 1 aliphatic heterocycles. The predicted molar refractivity (Wildman–Crippen MR) is 122 cm³/mol. The number of aldehydes is 1. The summed E-state index contributed by atoms with van der Waals surface area (Å²) in [6, 6.07) is 15.9. The monoisotopic (exact) mass is 450 g/mol. The quantitative estimate of drug-likeness (QED) is 0.477. The third kappa shape index (κ3) is 4.50. The lowest BCUT2D eigenvalue weighted by Gasteiger charge is -2.23. The number of carbonyl (C=O) groups is 2. The maximum atomic E-state index is 13.1. The van der Waals surface area contributed by atoms with Crippen LogP contribution >= 0.6 is 11.3 Å². The van der Waals surface area contributed by atoms with E-state index >= 15 is 0 Å². The van der Waals surface area contributed by atoms with E-state index in [0.29, 0.717) is 29.2 Å². The second-order valence-corrected chi connectivity index (χ2v) is 8.02. The molecular formula is C24H22N2O5S. The zero-order chi connectivity index (χ0) is 22.5. The van der Waals surface area contributed by atoms with Crippen LogP contribution in [-0.2, 0) is 4.79 Å². The Hall–Kier alpha value is -3.65. The van der Waals surface area contributed by atoms with Crippen molar-refractivity contribution in [1.82, 2.24) is 5.01 Å². The Bertz CT molecular complexity index is 1130. The first kappa shape index (κ1) is 21.6. The minimum atomic E-state index is -0.291. The van der Waals surface area contributed by atoms with Crippen LogP contribution in [0.15, 0.2) is 65.1 Å². The Labute approximate surface area is 189 Å². The highest BCUT2D eigenvalue weighted by molar-refractivity contribution is 7.12. The molecule has 0 bridgehead atoms. The lowest BCUT2D eigenvalue weighted by molar-refractivity contribution is -0.135. The van der Waals surface area contributed by atoms with Crippen LogP contribution in [0.5, 0.6) is 17.2 Å². The molecule has 2 aromatic carbocycles. The summed E-state index contributed by atoms with van der Waals surface area (Å²) in [4.78, 5) is 24.9. The molecule has 3 aromatic rings. The highest BCUT2D eigenvalue weighted by Gasteiger charge is 2.34. The van der Waals surface area contributed by atoms with Crippen molar-refractivity contribution in [3.05, 3.63) is 76.0 Å². The van der Waals surface area contributed by atoms with Gasteiger partial charge in [-0.25, -0.2) is 5.01 Å². The average Bonchev–Trinajstić information content (AvgIpc) is 3.52. The van der Waals surface area contributed by atoms with Gasteiger partial charge in [0.15, 0.2) is 18.1 Å². The Kier molecular flexibility index (Phi) is 6.51. The van der Waals surface area contributed by atoms with E-state index in [0.717, 1.165) is 22.4 Å². The second kappa shape index (κ2) is 9.65. The van der Waals surface area contributed by atoms with Gasteiger partial charge in [-0.3, -0.25) is 9.59 Å². The molecule has 32 heavy (non-hydrogen) atoms. The molecule has 0 saturated heterocycles. The highest BCUT2D eigenvalue weighted by Crippen LogP contribution is 2.37. The fourth-order valence-corrected chi connectivity index (χ4v) is 4.23. The number of hydrogen-bond donors (Lipinski definition) is 0. The molecule has 0 fully saturated rings. The van der Waals surface area contributed by atoms with Gasteiger partial charge in [0.2, 0.25) is 0 Å². The first-order valence-electron chi connectivity index (χ1n) is 9.96. The van der Waals surface area contributed by atoms with Gasteiger partial charge in [-0.2, -0.15) is 5.10 Å². The molecule has 1 aliphatic rings. The molecule has 164 valence electrons. The van der Waals surface area contributed by atoms with Crippen molar-refractivity contribution in [2.45, 2.75) is 12.5 Å². The number of thiophene rings is 1. The number of nitrogens with zero attached hydrogens (tertiary/aromatic N) is 2. The average molecular weight is 451 g/mol. The van der Waals surface area contributed by atoms with Crippen molar-refractivity contribution in [1.29, 1.82) is 0 Å². The lowest BCUT2D eigenvalue weighted by atomic mass is 10.0. The van der Waals surface area contributed by atoms with Crippen molar-refractivity contribution in [3.8, 4) is 17.2 Å². The van der Waals surface area contributed by atoms with Crippen LogP contribution in [-0.4, -0.2) is 43.7 Å². The van der Waals surface area contributed by atoms with E-state index in [1.807, 2.05) is 35.7 Å². The number of carbonyl (C=O) groups excluding carboxylic acids is 2. The van der Waals surface area contributed by atoms with E-state index in [9.17, 15) is 9.59 Å². The van der Waals surface area contributed by atoms with Gasteiger partial charge in [0.1, 0.15) is 12.0 Å². The summed E-state index contributed by atoms with van der Waals surface area (Å²) in [5, 5.41) is 8.11. The number of ether oxygens (including phenoxy) is 3. The Morgan fingerprint density at radius 1 is 1.12 bits per heavy atom. The summed E-state index contributed by atoms with van der Waals surface area (Å²) in [7, 11) is 3.16.